The molecular weight excluding hydrogens is 300 g/mol. The number of rotatable bonds is 4. The average molecular weight is 313 g/mol. The Morgan fingerprint density at radius 3 is 2.36 bits per heavy atom. The third-order valence-electron chi connectivity index (χ3n) is 3.30. The van der Waals surface area contributed by atoms with Gasteiger partial charge in [0.15, 0.2) is 0 Å². The molecule has 2 aromatic carbocycles. The molecule has 0 N–H and O–H groups in total. The molecule has 3 rings (SSSR count). The van der Waals surface area contributed by atoms with E-state index in [1.165, 1.54) is 4.68 Å². The summed E-state index contributed by atoms with van der Waals surface area (Å²) in [4.78, 5) is 11.7. The van der Waals surface area contributed by atoms with Crippen LogP contribution in [0.15, 0.2) is 60.7 Å². The summed E-state index contributed by atoms with van der Waals surface area (Å²) in [6, 6.07) is 18.6. The fourth-order valence-corrected chi connectivity index (χ4v) is 2.33. The van der Waals surface area contributed by atoms with Gasteiger partial charge in [-0.2, -0.15) is 5.10 Å². The van der Waals surface area contributed by atoms with Crippen molar-refractivity contribution in [3.8, 4) is 22.7 Å². The Labute approximate surface area is 132 Å². The van der Waals surface area contributed by atoms with Gasteiger partial charge in [-0.1, -0.05) is 30.3 Å². The molecule has 0 radical (unpaired) electrons. The van der Waals surface area contributed by atoms with Crippen molar-refractivity contribution >= 4 is 16.8 Å². The molecule has 0 fully saturated rings. The Balaban J connectivity index is 2.09. The molecule has 0 unspecified atom stereocenters. The number of halogens is 1. The number of methoxy groups -OCH3 is 1. The monoisotopic (exact) mass is 312 g/mol. The number of hydrogen-bond acceptors (Lipinski definition) is 3. The molecule has 0 spiro atoms. The average Bonchev–Trinajstić information content (AvgIpc) is 3.01. The SMILES string of the molecule is COc1ccc(-n2nc(-c3ccccc3)cc2C(=O)Cl)cc1. The summed E-state index contributed by atoms with van der Waals surface area (Å²) in [5.74, 6) is 0.734. The fourth-order valence-electron chi connectivity index (χ4n) is 2.19. The summed E-state index contributed by atoms with van der Waals surface area (Å²) < 4.78 is 6.67. The van der Waals surface area contributed by atoms with Crippen LogP contribution < -0.4 is 4.74 Å². The van der Waals surface area contributed by atoms with Crippen molar-refractivity contribution in [1.82, 2.24) is 9.78 Å². The van der Waals surface area contributed by atoms with E-state index in [4.69, 9.17) is 16.3 Å². The number of nitrogens with zero attached hydrogens (tertiary/aromatic N) is 2. The molecule has 0 aliphatic carbocycles. The van der Waals surface area contributed by atoms with E-state index in [9.17, 15) is 4.79 Å². The summed E-state index contributed by atoms with van der Waals surface area (Å²) in [7, 11) is 1.60. The standard InChI is InChI=1S/C17H13ClN2O2/c1-22-14-9-7-13(8-10-14)20-16(17(18)21)11-15(19-20)12-5-3-2-4-6-12/h2-11H,1H3. The third kappa shape index (κ3) is 2.73. The smallest absolute Gasteiger partial charge is 0.270 e. The van der Waals surface area contributed by atoms with E-state index in [1.54, 1.807) is 13.2 Å². The predicted octanol–water partition coefficient (Wildman–Crippen LogP) is 3.93. The van der Waals surface area contributed by atoms with Gasteiger partial charge in [-0.05, 0) is 41.9 Å². The van der Waals surface area contributed by atoms with Gasteiger partial charge in [0, 0.05) is 5.56 Å². The van der Waals surface area contributed by atoms with Crippen LogP contribution >= 0.6 is 11.6 Å². The Morgan fingerprint density at radius 2 is 1.77 bits per heavy atom. The number of aromatic nitrogens is 2. The van der Waals surface area contributed by atoms with Crippen LogP contribution in [0.2, 0.25) is 0 Å². The predicted molar refractivity (Wildman–Crippen MR) is 85.7 cm³/mol. The van der Waals surface area contributed by atoms with Crippen LogP contribution in [-0.4, -0.2) is 22.1 Å². The van der Waals surface area contributed by atoms with Gasteiger partial charge in [0.25, 0.3) is 5.24 Å². The molecule has 0 saturated carbocycles. The molecule has 0 atom stereocenters. The molecular formula is C17H13ClN2O2. The zero-order chi connectivity index (χ0) is 15.5. The van der Waals surface area contributed by atoms with E-state index in [1.807, 2.05) is 54.6 Å². The highest BCUT2D eigenvalue weighted by molar-refractivity contribution is 6.67. The van der Waals surface area contributed by atoms with Crippen molar-refractivity contribution < 1.29 is 9.53 Å². The molecule has 5 heteroatoms. The molecule has 1 heterocycles. The maximum atomic E-state index is 11.7. The third-order valence-corrected chi connectivity index (χ3v) is 3.49. The largest absolute Gasteiger partial charge is 0.497 e. The van der Waals surface area contributed by atoms with E-state index in [2.05, 4.69) is 5.10 Å². The van der Waals surface area contributed by atoms with E-state index < -0.39 is 5.24 Å². The highest BCUT2D eigenvalue weighted by atomic mass is 35.5. The lowest BCUT2D eigenvalue weighted by molar-refractivity contribution is 0.107. The number of benzene rings is 2. The minimum atomic E-state index is -0.550. The lowest BCUT2D eigenvalue weighted by Gasteiger charge is -2.05. The highest BCUT2D eigenvalue weighted by Crippen LogP contribution is 2.23. The van der Waals surface area contributed by atoms with Gasteiger partial charge >= 0.3 is 0 Å². The van der Waals surface area contributed by atoms with Crippen molar-refractivity contribution in [3.05, 3.63) is 66.4 Å². The lowest BCUT2D eigenvalue weighted by atomic mass is 10.1. The lowest BCUT2D eigenvalue weighted by Crippen LogP contribution is -2.04. The summed E-state index contributed by atoms with van der Waals surface area (Å²) in [6.45, 7) is 0. The molecule has 0 bridgehead atoms. The van der Waals surface area contributed by atoms with E-state index in [-0.39, 0.29) is 0 Å². The van der Waals surface area contributed by atoms with Crippen molar-refractivity contribution in [2.24, 2.45) is 0 Å². The van der Waals surface area contributed by atoms with Crippen LogP contribution in [0.5, 0.6) is 5.75 Å². The molecule has 0 aliphatic heterocycles. The summed E-state index contributed by atoms with van der Waals surface area (Å²) >= 11 is 5.69. The summed E-state index contributed by atoms with van der Waals surface area (Å²) in [5.41, 5.74) is 2.69. The van der Waals surface area contributed by atoms with Crippen molar-refractivity contribution in [3.63, 3.8) is 0 Å². The molecule has 0 saturated heterocycles. The van der Waals surface area contributed by atoms with Crippen molar-refractivity contribution in [2.45, 2.75) is 0 Å². The van der Waals surface area contributed by atoms with Crippen LogP contribution in [0.1, 0.15) is 10.5 Å². The minimum absolute atomic E-state index is 0.325. The molecule has 3 aromatic rings. The van der Waals surface area contributed by atoms with Gasteiger partial charge in [-0.25, -0.2) is 4.68 Å². The van der Waals surface area contributed by atoms with Crippen LogP contribution in [0.4, 0.5) is 0 Å². The van der Waals surface area contributed by atoms with Gasteiger partial charge in [0.1, 0.15) is 11.4 Å². The molecule has 0 amide bonds. The van der Waals surface area contributed by atoms with Crippen molar-refractivity contribution in [2.75, 3.05) is 7.11 Å². The van der Waals surface area contributed by atoms with Gasteiger partial charge in [-0.3, -0.25) is 4.79 Å². The Bertz CT molecular complexity index is 795. The topological polar surface area (TPSA) is 44.1 Å². The maximum Gasteiger partial charge on any atom is 0.270 e. The van der Waals surface area contributed by atoms with Gasteiger partial charge in [-0.15, -0.1) is 0 Å². The first-order valence-electron chi connectivity index (χ1n) is 6.69. The summed E-state index contributed by atoms with van der Waals surface area (Å²) in [5, 5.41) is 3.95. The Morgan fingerprint density at radius 1 is 1.09 bits per heavy atom. The van der Waals surface area contributed by atoms with E-state index in [0.717, 1.165) is 17.0 Å². The fraction of sp³-hybridized carbons (Fsp3) is 0.0588. The first-order valence-corrected chi connectivity index (χ1v) is 7.06. The first-order chi connectivity index (χ1) is 10.7. The first kappa shape index (κ1) is 14.4. The highest BCUT2D eigenvalue weighted by Gasteiger charge is 2.15. The zero-order valence-corrected chi connectivity index (χ0v) is 12.6. The van der Waals surface area contributed by atoms with Gasteiger partial charge in [0.2, 0.25) is 0 Å². The van der Waals surface area contributed by atoms with E-state index in [0.29, 0.717) is 11.4 Å². The second kappa shape index (κ2) is 6.03. The van der Waals surface area contributed by atoms with Gasteiger partial charge in [0.05, 0.1) is 18.5 Å². The second-order valence-electron chi connectivity index (χ2n) is 4.66. The zero-order valence-electron chi connectivity index (χ0n) is 11.9. The number of carbonyl (C=O) groups excluding carboxylic acids is 1. The normalized spacial score (nSPS) is 10.5. The molecule has 0 aliphatic rings. The molecule has 1 aromatic heterocycles. The number of hydrogen-bond donors (Lipinski definition) is 0. The van der Waals surface area contributed by atoms with Crippen LogP contribution in [0.3, 0.4) is 0 Å². The van der Waals surface area contributed by atoms with Crippen molar-refractivity contribution in [1.29, 1.82) is 0 Å². The Kier molecular flexibility index (Phi) is 3.94. The van der Waals surface area contributed by atoms with Crippen LogP contribution in [-0.2, 0) is 0 Å². The number of carbonyl (C=O) groups is 1. The van der Waals surface area contributed by atoms with Crippen LogP contribution in [0, 0.1) is 0 Å². The quantitative estimate of drug-likeness (QED) is 0.686. The van der Waals surface area contributed by atoms with Crippen LogP contribution in [0.25, 0.3) is 16.9 Å². The minimum Gasteiger partial charge on any atom is -0.497 e. The molecule has 110 valence electrons. The second-order valence-corrected chi connectivity index (χ2v) is 5.01. The number of ether oxygens (including phenoxy) is 1. The van der Waals surface area contributed by atoms with E-state index >= 15 is 0 Å². The molecule has 22 heavy (non-hydrogen) atoms. The molecule has 4 nitrogen and oxygen atoms in total. The summed E-state index contributed by atoms with van der Waals surface area (Å²) in [6.07, 6.45) is 0. The Hall–Kier alpha value is -2.59. The maximum absolute atomic E-state index is 11.7. The van der Waals surface area contributed by atoms with Gasteiger partial charge < -0.3 is 4.74 Å².